The molecule has 0 heterocycles. The van der Waals surface area contributed by atoms with Gasteiger partial charge in [0.15, 0.2) is 5.82 Å². The number of nitrogens with zero attached hydrogens (tertiary/aromatic N) is 1. The lowest BCUT2D eigenvalue weighted by molar-refractivity contribution is -0.120. The van der Waals surface area contributed by atoms with Crippen LogP contribution in [0.5, 0.6) is 0 Å². The molecule has 3 aromatic rings. The molecule has 0 saturated heterocycles. The first kappa shape index (κ1) is 28.2. The second-order valence-electron chi connectivity index (χ2n) is 7.90. The van der Waals surface area contributed by atoms with Crippen LogP contribution in [-0.4, -0.2) is 24.4 Å². The molecule has 4 N–H and O–H groups in total. The van der Waals surface area contributed by atoms with Gasteiger partial charge in [-0.15, -0.1) is 0 Å². The molecule has 3 aromatic carbocycles. The lowest BCUT2D eigenvalue weighted by Crippen LogP contribution is -2.50. The standard InChI is InChI=1S/C17H14Cl2FN3O.C7H8O3S/c1-17(22,8-10-2-4-11(9-21)5-3-10)16(24)23-12-6-13(18)15(20)14(19)7-12;1-6-2-4-7(5-3-6)11(8,9)10/h2-7H,8,22H2,1H3,(H,23,24);2-5H,1H3,(H,8,9,10). The molecule has 0 radical (unpaired) electrons. The van der Waals surface area contributed by atoms with E-state index in [9.17, 15) is 17.6 Å². The molecule has 1 unspecified atom stereocenters. The van der Waals surface area contributed by atoms with Gasteiger partial charge in [-0.05, 0) is 62.2 Å². The molecule has 184 valence electrons. The highest BCUT2D eigenvalue weighted by molar-refractivity contribution is 7.85. The van der Waals surface area contributed by atoms with Gasteiger partial charge in [0, 0.05) is 5.69 Å². The highest BCUT2D eigenvalue weighted by atomic mass is 35.5. The Labute approximate surface area is 213 Å². The molecule has 0 fully saturated rings. The van der Waals surface area contributed by atoms with E-state index in [0.717, 1.165) is 11.1 Å². The van der Waals surface area contributed by atoms with Gasteiger partial charge in [0.2, 0.25) is 5.91 Å². The Balaban J connectivity index is 0.000000328. The zero-order valence-electron chi connectivity index (χ0n) is 18.7. The first-order valence-electron chi connectivity index (χ1n) is 10.0. The van der Waals surface area contributed by atoms with Crippen molar-refractivity contribution in [1.29, 1.82) is 5.26 Å². The minimum absolute atomic E-state index is 0.0666. The molecule has 11 heteroatoms. The molecular formula is C24H22Cl2FN3O4S. The Kier molecular flexibility index (Phi) is 9.38. The van der Waals surface area contributed by atoms with Crippen molar-refractivity contribution in [2.24, 2.45) is 5.73 Å². The number of carbonyl (C=O) groups is 1. The van der Waals surface area contributed by atoms with Gasteiger partial charge in [0.05, 0.1) is 32.1 Å². The van der Waals surface area contributed by atoms with Gasteiger partial charge in [0.1, 0.15) is 0 Å². The van der Waals surface area contributed by atoms with Crippen molar-refractivity contribution >= 4 is 44.9 Å². The van der Waals surface area contributed by atoms with Gasteiger partial charge in [0.25, 0.3) is 10.1 Å². The van der Waals surface area contributed by atoms with Crippen molar-refractivity contribution in [3.8, 4) is 6.07 Å². The first-order valence-corrected chi connectivity index (χ1v) is 12.2. The maximum atomic E-state index is 13.4. The highest BCUT2D eigenvalue weighted by Gasteiger charge is 2.29. The summed E-state index contributed by atoms with van der Waals surface area (Å²) < 4.78 is 43.0. The Bertz CT molecular complexity index is 1330. The van der Waals surface area contributed by atoms with Gasteiger partial charge >= 0.3 is 0 Å². The number of amides is 1. The van der Waals surface area contributed by atoms with E-state index >= 15 is 0 Å². The van der Waals surface area contributed by atoms with Crippen LogP contribution in [0, 0.1) is 24.1 Å². The fraction of sp³-hybridized carbons (Fsp3) is 0.167. The van der Waals surface area contributed by atoms with E-state index in [-0.39, 0.29) is 27.0 Å². The fourth-order valence-corrected chi connectivity index (χ4v) is 3.78. The van der Waals surface area contributed by atoms with Crippen LogP contribution in [-0.2, 0) is 21.3 Å². The van der Waals surface area contributed by atoms with Crippen LogP contribution >= 0.6 is 23.2 Å². The largest absolute Gasteiger partial charge is 0.324 e. The number of nitrogens with one attached hydrogen (secondary N) is 1. The highest BCUT2D eigenvalue weighted by Crippen LogP contribution is 2.28. The third-order valence-electron chi connectivity index (χ3n) is 4.73. The molecule has 0 aromatic heterocycles. The molecule has 1 atom stereocenters. The molecule has 0 bridgehead atoms. The molecule has 1 amide bonds. The normalized spacial score (nSPS) is 12.5. The minimum atomic E-state index is -4.02. The number of anilines is 1. The van der Waals surface area contributed by atoms with Gasteiger partial charge in [-0.1, -0.05) is 53.0 Å². The molecule has 3 rings (SSSR count). The average molecular weight is 538 g/mol. The minimum Gasteiger partial charge on any atom is -0.324 e. The predicted molar refractivity (Wildman–Crippen MR) is 133 cm³/mol. The van der Waals surface area contributed by atoms with Crippen molar-refractivity contribution in [2.45, 2.75) is 30.7 Å². The Morgan fingerprint density at radius 2 is 1.63 bits per heavy atom. The molecule has 7 nitrogen and oxygen atoms in total. The van der Waals surface area contributed by atoms with Crippen LogP contribution < -0.4 is 11.1 Å². The van der Waals surface area contributed by atoms with E-state index in [1.54, 1.807) is 43.3 Å². The summed E-state index contributed by atoms with van der Waals surface area (Å²) in [5, 5.41) is 11.0. The zero-order valence-corrected chi connectivity index (χ0v) is 21.0. The summed E-state index contributed by atoms with van der Waals surface area (Å²) in [5.74, 6) is -1.21. The van der Waals surface area contributed by atoms with Crippen molar-refractivity contribution in [2.75, 3.05) is 5.32 Å². The predicted octanol–water partition coefficient (Wildman–Crippen LogP) is 5.14. The topological polar surface area (TPSA) is 133 Å². The third kappa shape index (κ3) is 8.31. The third-order valence-corrected chi connectivity index (χ3v) is 6.15. The molecule has 35 heavy (non-hydrogen) atoms. The van der Waals surface area contributed by atoms with Crippen LogP contribution in [0.15, 0.2) is 65.6 Å². The lowest BCUT2D eigenvalue weighted by atomic mass is 9.92. The second-order valence-corrected chi connectivity index (χ2v) is 10.1. The number of rotatable bonds is 5. The number of aryl methyl sites for hydroxylation is 1. The number of benzene rings is 3. The smallest absolute Gasteiger partial charge is 0.294 e. The molecule has 0 spiro atoms. The molecule has 0 aliphatic carbocycles. The van der Waals surface area contributed by atoms with E-state index in [4.69, 9.17) is 38.8 Å². The number of halogens is 3. The number of nitriles is 1. The monoisotopic (exact) mass is 537 g/mol. The Morgan fingerprint density at radius 1 is 1.11 bits per heavy atom. The SMILES string of the molecule is CC(N)(Cc1ccc(C#N)cc1)C(=O)Nc1cc(Cl)c(F)c(Cl)c1.Cc1ccc(S(=O)(=O)O)cc1. The molecule has 0 saturated carbocycles. The number of hydrogen-bond donors (Lipinski definition) is 3. The summed E-state index contributed by atoms with van der Waals surface area (Å²) in [5.41, 5.74) is 7.43. The summed E-state index contributed by atoms with van der Waals surface area (Å²) in [4.78, 5) is 12.3. The summed E-state index contributed by atoms with van der Waals surface area (Å²) in [6.07, 6.45) is 0.257. The summed E-state index contributed by atoms with van der Waals surface area (Å²) in [6, 6.07) is 17.3. The van der Waals surface area contributed by atoms with E-state index in [2.05, 4.69) is 5.32 Å². The molecule has 0 aliphatic rings. The molecule has 0 aliphatic heterocycles. The number of carbonyl (C=O) groups excluding carboxylic acids is 1. The maximum absolute atomic E-state index is 13.4. The number of hydrogen-bond acceptors (Lipinski definition) is 5. The van der Waals surface area contributed by atoms with Crippen LogP contribution in [0.4, 0.5) is 10.1 Å². The lowest BCUT2D eigenvalue weighted by Gasteiger charge is -2.24. The van der Waals surface area contributed by atoms with Gasteiger partial charge in [-0.3, -0.25) is 9.35 Å². The van der Waals surface area contributed by atoms with Crippen molar-refractivity contribution in [3.05, 3.63) is 93.2 Å². The van der Waals surface area contributed by atoms with Crippen LogP contribution in [0.3, 0.4) is 0 Å². The summed E-state index contributed by atoms with van der Waals surface area (Å²) in [7, 11) is -4.02. The number of nitrogens with two attached hydrogens (primary N) is 1. The van der Waals surface area contributed by atoms with Gasteiger partial charge in [-0.2, -0.15) is 13.7 Å². The van der Waals surface area contributed by atoms with Crippen LogP contribution in [0.1, 0.15) is 23.6 Å². The van der Waals surface area contributed by atoms with Crippen molar-refractivity contribution in [3.63, 3.8) is 0 Å². The summed E-state index contributed by atoms with van der Waals surface area (Å²) in [6.45, 7) is 3.42. The van der Waals surface area contributed by atoms with E-state index < -0.39 is 27.4 Å². The Morgan fingerprint density at radius 3 is 2.09 bits per heavy atom. The van der Waals surface area contributed by atoms with Crippen molar-refractivity contribution in [1.82, 2.24) is 0 Å². The fourth-order valence-electron chi connectivity index (χ4n) is 2.81. The van der Waals surface area contributed by atoms with Crippen LogP contribution in [0.2, 0.25) is 10.0 Å². The quantitative estimate of drug-likeness (QED) is 0.304. The van der Waals surface area contributed by atoms with Gasteiger partial charge < -0.3 is 11.1 Å². The van der Waals surface area contributed by atoms with E-state index in [1.807, 2.05) is 13.0 Å². The second kappa shape index (κ2) is 11.6. The summed E-state index contributed by atoms with van der Waals surface area (Å²) >= 11 is 11.4. The average Bonchev–Trinajstić information content (AvgIpc) is 2.78. The molecular weight excluding hydrogens is 516 g/mol. The van der Waals surface area contributed by atoms with Crippen molar-refractivity contribution < 1.29 is 22.2 Å². The zero-order chi connectivity index (χ0) is 26.4. The van der Waals surface area contributed by atoms with E-state index in [0.29, 0.717) is 5.56 Å². The van der Waals surface area contributed by atoms with Crippen LogP contribution in [0.25, 0.3) is 0 Å². The maximum Gasteiger partial charge on any atom is 0.294 e. The Hall–Kier alpha value is -3.00. The van der Waals surface area contributed by atoms with Gasteiger partial charge in [-0.25, -0.2) is 4.39 Å². The van der Waals surface area contributed by atoms with E-state index in [1.165, 1.54) is 24.3 Å². The first-order chi connectivity index (χ1) is 16.2.